The normalized spacial score (nSPS) is 10.4. The zero-order valence-corrected chi connectivity index (χ0v) is 21.2. The summed E-state index contributed by atoms with van der Waals surface area (Å²) in [6.07, 6.45) is 5.49. The third-order valence-corrected chi connectivity index (χ3v) is 6.88. The Bertz CT molecular complexity index is 1170. The molecule has 4 aromatic rings. The lowest BCUT2D eigenvalue weighted by Gasteiger charge is -2.03. The number of amides is 1. The Hall–Kier alpha value is -2.87. The first-order chi connectivity index (χ1) is 16.2. The third kappa shape index (κ3) is 7.58. The van der Waals surface area contributed by atoms with Crippen molar-refractivity contribution in [3.05, 3.63) is 90.1 Å². The zero-order valence-electron chi connectivity index (χ0n) is 18.8. The molecule has 8 heteroatoms. The molecule has 0 aliphatic carbocycles. The number of hydrogen-bond acceptors (Lipinski definition) is 5. The maximum Gasteiger partial charge on any atom is 0.226 e. The summed E-state index contributed by atoms with van der Waals surface area (Å²) in [5, 5.41) is 5.50. The molecule has 0 atom stereocenters. The second-order valence-corrected chi connectivity index (χ2v) is 9.48. The van der Waals surface area contributed by atoms with Gasteiger partial charge in [-0.3, -0.25) is 4.79 Å². The summed E-state index contributed by atoms with van der Waals surface area (Å²) in [6, 6.07) is 22.4. The number of carbonyl (C=O) groups excluding carboxylic acids is 1. The van der Waals surface area contributed by atoms with Gasteiger partial charge in [0.15, 0.2) is 24.1 Å². The van der Waals surface area contributed by atoms with E-state index in [1.807, 2.05) is 35.7 Å². The van der Waals surface area contributed by atoms with E-state index in [4.69, 9.17) is 4.74 Å². The number of nitrogens with one attached hydrogen (secondary N) is 1. The first-order valence-corrected chi connectivity index (χ1v) is 12.6. The largest absolute Gasteiger partial charge is 1.00 e. The highest BCUT2D eigenvalue weighted by Crippen LogP contribution is 2.26. The molecule has 0 aliphatic heterocycles. The van der Waals surface area contributed by atoms with Gasteiger partial charge in [-0.05, 0) is 36.4 Å². The van der Waals surface area contributed by atoms with Gasteiger partial charge in [0, 0.05) is 40.0 Å². The van der Waals surface area contributed by atoms with Gasteiger partial charge in [-0.1, -0.05) is 30.3 Å². The van der Waals surface area contributed by atoms with Crippen LogP contribution in [0.25, 0.3) is 11.3 Å². The fourth-order valence-electron chi connectivity index (χ4n) is 3.27. The molecule has 0 saturated carbocycles. The van der Waals surface area contributed by atoms with E-state index in [1.54, 1.807) is 18.9 Å². The Morgan fingerprint density at radius 1 is 1.06 bits per heavy atom. The first-order valence-electron chi connectivity index (χ1n) is 10.8. The summed E-state index contributed by atoms with van der Waals surface area (Å²) in [5.41, 5.74) is 3.13. The molecule has 0 unspecified atom stereocenters. The smallest absolute Gasteiger partial charge is 0.226 e. The molecule has 0 aliphatic rings. The topological polar surface area (TPSA) is 55.1 Å². The minimum atomic E-state index is -0.00000416. The minimum Gasteiger partial charge on any atom is -1.00 e. The predicted molar refractivity (Wildman–Crippen MR) is 135 cm³/mol. The van der Waals surface area contributed by atoms with Crippen LogP contribution in [0.3, 0.4) is 0 Å². The van der Waals surface area contributed by atoms with Crippen molar-refractivity contribution in [2.24, 2.45) is 0 Å². The summed E-state index contributed by atoms with van der Waals surface area (Å²) in [7, 11) is 1.64. The van der Waals surface area contributed by atoms with Crippen LogP contribution < -0.4 is 27.0 Å². The Morgan fingerprint density at radius 2 is 1.79 bits per heavy atom. The number of thioether (sulfide) groups is 1. The molecule has 2 aromatic carbocycles. The van der Waals surface area contributed by atoms with E-state index in [9.17, 15) is 4.79 Å². The van der Waals surface area contributed by atoms with Gasteiger partial charge in [-0.25, -0.2) is 9.55 Å². The van der Waals surface area contributed by atoms with Crippen molar-refractivity contribution >= 4 is 34.1 Å². The molecule has 176 valence electrons. The number of carbonyl (C=O) groups is 1. The number of thiazole rings is 1. The van der Waals surface area contributed by atoms with Crippen molar-refractivity contribution in [2.45, 2.75) is 24.3 Å². The molecular formula is C26H26ClN3O2S2. The average Bonchev–Trinajstić information content (AvgIpc) is 3.32. The third-order valence-electron chi connectivity index (χ3n) is 5.02. The predicted octanol–water partition coefficient (Wildman–Crippen LogP) is 2.67. The number of hydrogen-bond donors (Lipinski definition) is 1. The molecule has 34 heavy (non-hydrogen) atoms. The van der Waals surface area contributed by atoms with E-state index in [-0.39, 0.29) is 18.3 Å². The molecule has 4 rings (SSSR count). The van der Waals surface area contributed by atoms with Gasteiger partial charge in [0.25, 0.3) is 0 Å². The second-order valence-electron chi connectivity index (χ2n) is 7.46. The van der Waals surface area contributed by atoms with Crippen molar-refractivity contribution < 1.29 is 26.5 Å². The zero-order chi connectivity index (χ0) is 22.9. The fourth-order valence-corrected chi connectivity index (χ4v) is 4.84. The van der Waals surface area contributed by atoms with E-state index < -0.39 is 0 Å². The van der Waals surface area contributed by atoms with E-state index in [0.29, 0.717) is 11.6 Å². The Labute approximate surface area is 214 Å². The number of anilines is 1. The number of aromatic nitrogens is 2. The van der Waals surface area contributed by atoms with Gasteiger partial charge >= 0.3 is 0 Å². The molecule has 0 bridgehead atoms. The van der Waals surface area contributed by atoms with E-state index >= 15 is 0 Å². The lowest BCUT2D eigenvalue weighted by atomic mass is 10.2. The number of benzene rings is 2. The standard InChI is InChI=1S/C26H25N3O2S2.ClH/c1-31-22-11-9-21(10-12-22)24-19-33-26(27-24)28-25(30)8-5-17-32-23-13-15-29(16-14-23)18-20-6-3-2-4-7-20;/h2-4,6-7,9-16,19H,5,8,17-18H2,1H3;1H. The van der Waals surface area contributed by atoms with Crippen LogP contribution in [0, 0.1) is 0 Å². The van der Waals surface area contributed by atoms with Crippen molar-refractivity contribution in [3.8, 4) is 17.0 Å². The number of ether oxygens (including phenoxy) is 1. The van der Waals surface area contributed by atoms with Gasteiger partial charge < -0.3 is 22.5 Å². The van der Waals surface area contributed by atoms with E-state index in [1.165, 1.54) is 21.8 Å². The highest BCUT2D eigenvalue weighted by Gasteiger charge is 2.09. The number of pyridine rings is 1. The Balaban J connectivity index is 0.00000324. The second kappa shape index (κ2) is 13.1. The summed E-state index contributed by atoms with van der Waals surface area (Å²) >= 11 is 3.21. The highest BCUT2D eigenvalue weighted by atomic mass is 35.5. The van der Waals surface area contributed by atoms with Crippen molar-refractivity contribution in [3.63, 3.8) is 0 Å². The highest BCUT2D eigenvalue weighted by molar-refractivity contribution is 7.99. The summed E-state index contributed by atoms with van der Waals surface area (Å²) in [5.74, 6) is 1.70. The van der Waals surface area contributed by atoms with E-state index in [0.717, 1.165) is 35.7 Å². The van der Waals surface area contributed by atoms with Gasteiger partial charge in [0.2, 0.25) is 5.91 Å². The maximum absolute atomic E-state index is 12.3. The molecular weight excluding hydrogens is 486 g/mol. The van der Waals surface area contributed by atoms with Crippen LogP contribution >= 0.6 is 23.1 Å². The number of methoxy groups -OCH3 is 1. The van der Waals surface area contributed by atoms with Crippen LogP contribution in [0.1, 0.15) is 18.4 Å². The van der Waals surface area contributed by atoms with Gasteiger partial charge in [0.1, 0.15) is 5.75 Å². The van der Waals surface area contributed by atoms with Gasteiger partial charge in [0.05, 0.1) is 12.8 Å². The van der Waals surface area contributed by atoms with Crippen LogP contribution in [-0.4, -0.2) is 23.8 Å². The first kappa shape index (κ1) is 25.7. The average molecular weight is 512 g/mol. The summed E-state index contributed by atoms with van der Waals surface area (Å²) in [4.78, 5) is 18.0. The molecule has 2 heterocycles. The van der Waals surface area contributed by atoms with Crippen LogP contribution in [0.2, 0.25) is 0 Å². The van der Waals surface area contributed by atoms with Crippen LogP contribution in [0.15, 0.2) is 89.4 Å². The summed E-state index contributed by atoms with van der Waals surface area (Å²) < 4.78 is 7.35. The molecule has 0 spiro atoms. The number of rotatable bonds is 10. The maximum atomic E-state index is 12.3. The SMILES string of the molecule is COc1ccc(-c2csc(NC(=O)CCCSc3cc[n+](Cc4ccccc4)cc3)n2)cc1.[Cl-]. The molecule has 0 radical (unpaired) electrons. The monoisotopic (exact) mass is 511 g/mol. The fraction of sp³-hybridized carbons (Fsp3) is 0.192. The van der Waals surface area contributed by atoms with Crippen LogP contribution in [0.4, 0.5) is 5.13 Å². The quantitative estimate of drug-likeness (QED) is 0.202. The van der Waals surface area contributed by atoms with Crippen molar-refractivity contribution in [1.29, 1.82) is 0 Å². The van der Waals surface area contributed by atoms with Crippen LogP contribution in [0.5, 0.6) is 5.75 Å². The molecule has 0 saturated heterocycles. The van der Waals surface area contributed by atoms with Gasteiger partial charge in [-0.2, -0.15) is 0 Å². The minimum absolute atomic E-state index is 0. The molecule has 2 aromatic heterocycles. The molecule has 1 N–H and O–H groups in total. The lowest BCUT2D eigenvalue weighted by Crippen LogP contribution is -3.00. The molecule has 0 fully saturated rings. The lowest BCUT2D eigenvalue weighted by molar-refractivity contribution is -0.688. The van der Waals surface area contributed by atoms with E-state index in [2.05, 4.69) is 63.7 Å². The van der Waals surface area contributed by atoms with Gasteiger partial charge in [-0.15, -0.1) is 23.1 Å². The van der Waals surface area contributed by atoms with Crippen molar-refractivity contribution in [1.82, 2.24) is 4.98 Å². The molecule has 1 amide bonds. The Morgan fingerprint density at radius 3 is 2.50 bits per heavy atom. The number of halogens is 1. The van der Waals surface area contributed by atoms with Crippen molar-refractivity contribution in [2.75, 3.05) is 18.2 Å². The summed E-state index contributed by atoms with van der Waals surface area (Å²) in [6.45, 7) is 0.864. The number of nitrogens with zero attached hydrogens (tertiary/aromatic N) is 2. The van der Waals surface area contributed by atoms with Crippen LogP contribution in [-0.2, 0) is 11.3 Å². The molecule has 5 nitrogen and oxygen atoms in total. The Kier molecular flexibility index (Phi) is 9.94.